The molecular formula is C26H18ClN5O4. The summed E-state index contributed by atoms with van der Waals surface area (Å²) in [5.74, 6) is -1.24. The molecule has 4 aromatic rings. The normalized spacial score (nSPS) is 10.3. The Labute approximate surface area is 210 Å². The molecule has 0 unspecified atom stereocenters. The van der Waals surface area contributed by atoms with Crippen molar-refractivity contribution in [3.05, 3.63) is 99.3 Å². The summed E-state index contributed by atoms with van der Waals surface area (Å²) in [4.78, 5) is 43.9. The van der Waals surface area contributed by atoms with Gasteiger partial charge >= 0.3 is 0 Å². The van der Waals surface area contributed by atoms with Crippen LogP contribution in [0.1, 0.15) is 11.1 Å². The van der Waals surface area contributed by atoms with Crippen molar-refractivity contribution in [3.63, 3.8) is 0 Å². The Morgan fingerprint density at radius 2 is 1.61 bits per heavy atom. The molecule has 0 aliphatic rings. The van der Waals surface area contributed by atoms with Crippen LogP contribution < -0.4 is 16.2 Å². The minimum atomic E-state index is -0.794. The number of H-pyrrole nitrogens is 1. The smallest absolute Gasteiger partial charge is 0.292 e. The first kappa shape index (κ1) is 24.2. The molecule has 10 heteroatoms. The zero-order valence-electron chi connectivity index (χ0n) is 18.6. The summed E-state index contributed by atoms with van der Waals surface area (Å²) in [6.45, 7) is 0. The molecule has 0 atom stereocenters. The number of hydrogen-bond acceptors (Lipinski definition) is 7. The molecule has 0 aliphatic carbocycles. The molecule has 0 fully saturated rings. The molecule has 3 aromatic carbocycles. The summed E-state index contributed by atoms with van der Waals surface area (Å²) in [7, 11) is 0. The highest BCUT2D eigenvalue weighted by molar-refractivity contribution is 6.41. The van der Waals surface area contributed by atoms with Gasteiger partial charge in [0.25, 0.3) is 11.5 Å². The fourth-order valence-corrected chi connectivity index (χ4v) is 3.43. The van der Waals surface area contributed by atoms with Crippen LogP contribution in [-0.4, -0.2) is 26.8 Å². The maximum atomic E-state index is 12.5. The molecule has 0 bridgehead atoms. The van der Waals surface area contributed by atoms with Crippen molar-refractivity contribution in [3.8, 4) is 23.1 Å². The van der Waals surface area contributed by atoms with Crippen molar-refractivity contribution >= 4 is 40.6 Å². The third kappa shape index (κ3) is 5.75. The van der Waals surface area contributed by atoms with Crippen molar-refractivity contribution in [1.82, 2.24) is 9.97 Å². The first-order valence-electron chi connectivity index (χ1n) is 10.6. The Bertz CT molecular complexity index is 1520. The van der Waals surface area contributed by atoms with Gasteiger partial charge in [0, 0.05) is 28.4 Å². The van der Waals surface area contributed by atoms with Crippen molar-refractivity contribution in [2.75, 3.05) is 10.6 Å². The van der Waals surface area contributed by atoms with E-state index in [2.05, 4.69) is 20.6 Å². The first-order chi connectivity index (χ1) is 17.3. The lowest BCUT2D eigenvalue weighted by atomic mass is 10.1. The second-order valence-electron chi connectivity index (χ2n) is 7.68. The number of aromatic hydroxyl groups is 1. The van der Waals surface area contributed by atoms with Gasteiger partial charge in [-0.2, -0.15) is 5.26 Å². The molecular weight excluding hydrogens is 482 g/mol. The van der Waals surface area contributed by atoms with Crippen LogP contribution in [0.5, 0.6) is 5.75 Å². The standard InChI is InChI=1S/C26H18ClN5O4/c27-17-5-9-19(10-6-17)30-26-31-23(21(14-28)24(35)32-26)16-3-7-18(8-4-16)29-25(36)22(34)13-15-1-11-20(33)12-2-15/h1-12,33H,13H2,(H,29,36)(H2,30,31,32,35). The highest BCUT2D eigenvalue weighted by atomic mass is 35.5. The van der Waals surface area contributed by atoms with Gasteiger partial charge in [0.1, 0.15) is 17.4 Å². The second-order valence-corrected chi connectivity index (χ2v) is 8.12. The largest absolute Gasteiger partial charge is 0.508 e. The van der Waals surface area contributed by atoms with Crippen LogP contribution in [-0.2, 0) is 16.0 Å². The van der Waals surface area contributed by atoms with Crippen LogP contribution in [0.4, 0.5) is 17.3 Å². The van der Waals surface area contributed by atoms with E-state index in [1.807, 2.05) is 6.07 Å². The Kier molecular flexibility index (Phi) is 7.09. The number of nitrogens with zero attached hydrogens (tertiary/aromatic N) is 2. The van der Waals surface area contributed by atoms with Gasteiger partial charge in [-0.15, -0.1) is 0 Å². The topological polar surface area (TPSA) is 148 Å². The number of aromatic amines is 1. The molecule has 0 radical (unpaired) electrons. The molecule has 4 N–H and O–H groups in total. The van der Waals surface area contributed by atoms with Crippen molar-refractivity contribution in [2.24, 2.45) is 0 Å². The third-order valence-corrected chi connectivity index (χ3v) is 5.36. The van der Waals surface area contributed by atoms with E-state index in [-0.39, 0.29) is 29.4 Å². The van der Waals surface area contributed by atoms with Gasteiger partial charge in [0.2, 0.25) is 11.7 Å². The summed E-state index contributed by atoms with van der Waals surface area (Å²) < 4.78 is 0. The lowest BCUT2D eigenvalue weighted by molar-refractivity contribution is -0.134. The minimum absolute atomic E-state index is 0.0677. The molecule has 1 amide bonds. The van der Waals surface area contributed by atoms with Crippen molar-refractivity contribution < 1.29 is 14.7 Å². The summed E-state index contributed by atoms with van der Waals surface area (Å²) in [6.07, 6.45) is -0.115. The molecule has 0 aliphatic heterocycles. The number of ketones is 1. The van der Waals surface area contributed by atoms with Gasteiger partial charge in [-0.3, -0.25) is 19.4 Å². The van der Waals surface area contributed by atoms with E-state index in [4.69, 9.17) is 11.6 Å². The van der Waals surface area contributed by atoms with Crippen LogP contribution in [0.25, 0.3) is 11.3 Å². The van der Waals surface area contributed by atoms with Crippen LogP contribution in [0, 0.1) is 11.3 Å². The summed E-state index contributed by atoms with van der Waals surface area (Å²) in [5.41, 5.74) is 1.41. The van der Waals surface area contributed by atoms with Gasteiger partial charge in [0.15, 0.2) is 0 Å². The molecule has 4 rings (SSSR count). The van der Waals surface area contributed by atoms with Gasteiger partial charge < -0.3 is 15.7 Å². The van der Waals surface area contributed by atoms with E-state index >= 15 is 0 Å². The monoisotopic (exact) mass is 499 g/mol. The fourth-order valence-electron chi connectivity index (χ4n) is 3.31. The molecule has 1 aromatic heterocycles. The Hall–Kier alpha value is -4.94. The highest BCUT2D eigenvalue weighted by Gasteiger charge is 2.16. The van der Waals surface area contributed by atoms with Crippen LogP contribution in [0.15, 0.2) is 77.6 Å². The maximum absolute atomic E-state index is 12.5. The molecule has 1 heterocycles. The van der Waals surface area contributed by atoms with Gasteiger partial charge in [-0.1, -0.05) is 35.9 Å². The summed E-state index contributed by atoms with van der Waals surface area (Å²) in [6, 6.07) is 20.9. The van der Waals surface area contributed by atoms with Crippen LogP contribution in [0.3, 0.4) is 0 Å². The number of nitrogens with one attached hydrogen (secondary N) is 3. The van der Waals surface area contributed by atoms with E-state index in [0.717, 1.165) is 0 Å². The lowest BCUT2D eigenvalue weighted by Crippen LogP contribution is -2.24. The van der Waals surface area contributed by atoms with Crippen molar-refractivity contribution in [1.29, 1.82) is 5.26 Å². The number of Topliss-reactive ketones (excluding diaryl/α,β-unsaturated/α-hetero) is 1. The summed E-state index contributed by atoms with van der Waals surface area (Å²) >= 11 is 5.90. The zero-order valence-corrected chi connectivity index (χ0v) is 19.3. The number of carbonyl (C=O) groups excluding carboxylic acids is 2. The number of hydrogen-bond donors (Lipinski definition) is 4. The van der Waals surface area contributed by atoms with Crippen molar-refractivity contribution in [2.45, 2.75) is 6.42 Å². The van der Waals surface area contributed by atoms with E-state index in [0.29, 0.717) is 27.5 Å². The number of phenols is 1. The molecule has 178 valence electrons. The number of amides is 1. The van der Waals surface area contributed by atoms with E-state index in [9.17, 15) is 24.8 Å². The number of carbonyl (C=O) groups is 2. The average Bonchev–Trinajstić information content (AvgIpc) is 2.87. The lowest BCUT2D eigenvalue weighted by Gasteiger charge is -2.10. The quantitative estimate of drug-likeness (QED) is 0.279. The van der Waals surface area contributed by atoms with Gasteiger partial charge in [-0.05, 0) is 54.1 Å². The molecule has 36 heavy (non-hydrogen) atoms. The van der Waals surface area contributed by atoms with Gasteiger partial charge in [0.05, 0.1) is 5.69 Å². The molecule has 0 saturated heterocycles. The average molecular weight is 500 g/mol. The zero-order chi connectivity index (χ0) is 25.7. The minimum Gasteiger partial charge on any atom is -0.508 e. The third-order valence-electron chi connectivity index (χ3n) is 5.11. The number of phenolic OH excluding ortho intramolecular Hbond substituents is 1. The van der Waals surface area contributed by atoms with Crippen LogP contribution >= 0.6 is 11.6 Å². The number of halogens is 1. The fraction of sp³-hybridized carbons (Fsp3) is 0.0385. The summed E-state index contributed by atoms with van der Waals surface area (Å²) in [5, 5.41) is 24.9. The highest BCUT2D eigenvalue weighted by Crippen LogP contribution is 2.24. The van der Waals surface area contributed by atoms with Gasteiger partial charge in [-0.25, -0.2) is 4.98 Å². The number of rotatable bonds is 7. The maximum Gasteiger partial charge on any atom is 0.292 e. The van der Waals surface area contributed by atoms with E-state index in [1.54, 1.807) is 48.5 Å². The number of aromatic nitrogens is 2. The SMILES string of the molecule is N#Cc1c(-c2ccc(NC(=O)C(=O)Cc3ccc(O)cc3)cc2)nc(Nc2ccc(Cl)cc2)[nH]c1=O. The van der Waals surface area contributed by atoms with Crippen LogP contribution in [0.2, 0.25) is 5.02 Å². The van der Waals surface area contributed by atoms with E-state index < -0.39 is 17.2 Å². The molecule has 0 saturated carbocycles. The number of anilines is 3. The second kappa shape index (κ2) is 10.5. The Balaban J connectivity index is 1.51. The first-order valence-corrected chi connectivity index (χ1v) is 11.0. The number of benzene rings is 3. The van der Waals surface area contributed by atoms with E-state index in [1.165, 1.54) is 24.3 Å². The Morgan fingerprint density at radius 3 is 2.25 bits per heavy atom. The predicted octanol–water partition coefficient (Wildman–Crippen LogP) is 4.16. The molecule has 9 nitrogen and oxygen atoms in total. The molecule has 0 spiro atoms. The predicted molar refractivity (Wildman–Crippen MR) is 135 cm³/mol. The Morgan fingerprint density at radius 1 is 0.972 bits per heavy atom. The number of nitriles is 1.